The molecule has 0 aliphatic carbocycles. The molecule has 3 heteroatoms. The number of rotatable bonds is 5. The molecule has 70 valence electrons. The Labute approximate surface area is 73.4 Å². The fourth-order valence-electron chi connectivity index (χ4n) is 0.943. The van der Waals surface area contributed by atoms with Crippen LogP contribution in [0.1, 0.15) is 13.3 Å². The van der Waals surface area contributed by atoms with Crippen molar-refractivity contribution in [1.29, 1.82) is 0 Å². The molecule has 0 amide bonds. The maximum absolute atomic E-state index is 11.1. The summed E-state index contributed by atoms with van der Waals surface area (Å²) in [5, 5.41) is 0. The van der Waals surface area contributed by atoms with E-state index in [4.69, 9.17) is 4.74 Å². The first-order chi connectivity index (χ1) is 5.63. The zero-order valence-corrected chi connectivity index (χ0v) is 7.92. The van der Waals surface area contributed by atoms with Crippen molar-refractivity contribution >= 4 is 5.97 Å². The van der Waals surface area contributed by atoms with Crippen molar-refractivity contribution in [3.05, 3.63) is 12.2 Å². The van der Waals surface area contributed by atoms with E-state index in [-0.39, 0.29) is 11.9 Å². The number of esters is 1. The van der Waals surface area contributed by atoms with Crippen molar-refractivity contribution in [3.8, 4) is 0 Å². The second-order valence-electron chi connectivity index (χ2n) is 2.70. The average Bonchev–Trinajstić information content (AvgIpc) is 2.04. The summed E-state index contributed by atoms with van der Waals surface area (Å²) < 4.78 is 9.48. The standard InChI is InChI=1S/C9H16O3/c1-7(2)8(5-6-11-3)9(10)12-4/h8H,1,5-6H2,2-4H3. The number of carbonyl (C=O) groups excluding carboxylic acids is 1. The van der Waals surface area contributed by atoms with Gasteiger partial charge in [0.05, 0.1) is 13.0 Å². The van der Waals surface area contributed by atoms with E-state index < -0.39 is 0 Å². The average molecular weight is 172 g/mol. The third-order valence-corrected chi connectivity index (χ3v) is 1.69. The van der Waals surface area contributed by atoms with Gasteiger partial charge in [0.2, 0.25) is 0 Å². The molecule has 0 rings (SSSR count). The summed E-state index contributed by atoms with van der Waals surface area (Å²) in [4.78, 5) is 11.1. The maximum Gasteiger partial charge on any atom is 0.312 e. The number of methoxy groups -OCH3 is 2. The lowest BCUT2D eigenvalue weighted by Crippen LogP contribution is -2.18. The fourth-order valence-corrected chi connectivity index (χ4v) is 0.943. The van der Waals surface area contributed by atoms with E-state index in [1.165, 1.54) is 7.11 Å². The van der Waals surface area contributed by atoms with Crippen LogP contribution in [0.4, 0.5) is 0 Å². The molecule has 0 saturated carbocycles. The highest BCUT2D eigenvalue weighted by atomic mass is 16.5. The van der Waals surface area contributed by atoms with Gasteiger partial charge in [-0.15, -0.1) is 0 Å². The molecule has 0 fully saturated rings. The monoisotopic (exact) mass is 172 g/mol. The van der Waals surface area contributed by atoms with E-state index in [0.29, 0.717) is 13.0 Å². The predicted octanol–water partition coefficient (Wildman–Crippen LogP) is 1.39. The van der Waals surface area contributed by atoms with Crippen LogP contribution in [-0.2, 0) is 14.3 Å². The molecule has 0 N–H and O–H groups in total. The van der Waals surface area contributed by atoms with Crippen molar-refractivity contribution in [2.75, 3.05) is 20.8 Å². The van der Waals surface area contributed by atoms with Crippen LogP contribution in [0.15, 0.2) is 12.2 Å². The van der Waals surface area contributed by atoms with Crippen LogP contribution in [0.5, 0.6) is 0 Å². The van der Waals surface area contributed by atoms with E-state index in [1.54, 1.807) is 7.11 Å². The Hall–Kier alpha value is -0.830. The Bertz CT molecular complexity index is 163. The number of hydrogen-bond donors (Lipinski definition) is 0. The van der Waals surface area contributed by atoms with Crippen LogP contribution in [0, 0.1) is 5.92 Å². The molecule has 1 unspecified atom stereocenters. The van der Waals surface area contributed by atoms with Gasteiger partial charge in [-0.3, -0.25) is 4.79 Å². The molecule has 0 aromatic rings. The van der Waals surface area contributed by atoms with Crippen LogP contribution >= 0.6 is 0 Å². The van der Waals surface area contributed by atoms with Crippen molar-refractivity contribution in [3.63, 3.8) is 0 Å². The molecule has 0 spiro atoms. The highest BCUT2D eigenvalue weighted by molar-refractivity contribution is 5.75. The van der Waals surface area contributed by atoms with Crippen molar-refractivity contribution in [2.45, 2.75) is 13.3 Å². The fraction of sp³-hybridized carbons (Fsp3) is 0.667. The van der Waals surface area contributed by atoms with Crippen LogP contribution in [0.25, 0.3) is 0 Å². The molecule has 1 atom stereocenters. The van der Waals surface area contributed by atoms with E-state index >= 15 is 0 Å². The minimum absolute atomic E-state index is 0.227. The maximum atomic E-state index is 11.1. The normalized spacial score (nSPS) is 12.2. The zero-order valence-electron chi connectivity index (χ0n) is 7.92. The van der Waals surface area contributed by atoms with Gasteiger partial charge < -0.3 is 9.47 Å². The Morgan fingerprint density at radius 3 is 2.42 bits per heavy atom. The lowest BCUT2D eigenvalue weighted by atomic mass is 9.99. The van der Waals surface area contributed by atoms with Gasteiger partial charge in [-0.25, -0.2) is 0 Å². The summed E-state index contributed by atoms with van der Waals surface area (Å²) in [7, 11) is 2.98. The minimum Gasteiger partial charge on any atom is -0.469 e. The molecule has 3 nitrogen and oxygen atoms in total. The third kappa shape index (κ3) is 3.53. The lowest BCUT2D eigenvalue weighted by molar-refractivity contribution is -0.144. The molecule has 0 aliphatic heterocycles. The van der Waals surface area contributed by atoms with Gasteiger partial charge in [0.1, 0.15) is 0 Å². The highest BCUT2D eigenvalue weighted by Crippen LogP contribution is 2.14. The minimum atomic E-state index is -0.237. The van der Waals surface area contributed by atoms with Gasteiger partial charge in [0.15, 0.2) is 0 Å². The van der Waals surface area contributed by atoms with Crippen molar-refractivity contribution in [1.82, 2.24) is 0 Å². The highest BCUT2D eigenvalue weighted by Gasteiger charge is 2.18. The van der Waals surface area contributed by atoms with E-state index in [0.717, 1.165) is 5.57 Å². The Kier molecular flexibility index (Phi) is 5.37. The smallest absolute Gasteiger partial charge is 0.312 e. The van der Waals surface area contributed by atoms with Gasteiger partial charge in [-0.2, -0.15) is 0 Å². The van der Waals surface area contributed by atoms with Gasteiger partial charge in [-0.05, 0) is 13.3 Å². The summed E-state index contributed by atoms with van der Waals surface area (Å²) in [5.74, 6) is -0.463. The quantitative estimate of drug-likeness (QED) is 0.464. The van der Waals surface area contributed by atoms with E-state index in [2.05, 4.69) is 11.3 Å². The largest absolute Gasteiger partial charge is 0.469 e. The van der Waals surface area contributed by atoms with Crippen LogP contribution in [0.2, 0.25) is 0 Å². The van der Waals surface area contributed by atoms with Crippen molar-refractivity contribution in [2.24, 2.45) is 5.92 Å². The summed E-state index contributed by atoms with van der Waals surface area (Å²) in [6, 6.07) is 0. The summed E-state index contributed by atoms with van der Waals surface area (Å²) >= 11 is 0. The van der Waals surface area contributed by atoms with Crippen LogP contribution < -0.4 is 0 Å². The summed E-state index contributed by atoms with van der Waals surface area (Å²) in [5.41, 5.74) is 0.818. The Morgan fingerprint density at radius 1 is 1.50 bits per heavy atom. The van der Waals surface area contributed by atoms with Gasteiger partial charge in [-0.1, -0.05) is 12.2 Å². The number of hydrogen-bond acceptors (Lipinski definition) is 3. The second kappa shape index (κ2) is 5.77. The van der Waals surface area contributed by atoms with Gasteiger partial charge >= 0.3 is 5.97 Å². The van der Waals surface area contributed by atoms with Crippen molar-refractivity contribution < 1.29 is 14.3 Å². The molecule has 0 aromatic carbocycles. The molecular weight excluding hydrogens is 156 g/mol. The van der Waals surface area contributed by atoms with E-state index in [1.807, 2.05) is 6.92 Å². The molecular formula is C9H16O3. The number of ether oxygens (including phenoxy) is 2. The first-order valence-electron chi connectivity index (χ1n) is 3.85. The first-order valence-corrected chi connectivity index (χ1v) is 3.85. The third-order valence-electron chi connectivity index (χ3n) is 1.69. The second-order valence-corrected chi connectivity index (χ2v) is 2.70. The first kappa shape index (κ1) is 11.2. The molecule has 0 aliphatic rings. The van der Waals surface area contributed by atoms with Crippen LogP contribution in [0.3, 0.4) is 0 Å². The van der Waals surface area contributed by atoms with E-state index in [9.17, 15) is 4.79 Å². The topological polar surface area (TPSA) is 35.5 Å². The predicted molar refractivity (Wildman–Crippen MR) is 46.8 cm³/mol. The molecule has 0 radical (unpaired) electrons. The molecule has 0 saturated heterocycles. The lowest BCUT2D eigenvalue weighted by Gasteiger charge is -2.13. The van der Waals surface area contributed by atoms with Gasteiger partial charge in [0, 0.05) is 13.7 Å². The SMILES string of the molecule is C=C(C)C(CCOC)C(=O)OC. The molecule has 0 bridgehead atoms. The van der Waals surface area contributed by atoms with Gasteiger partial charge in [0.25, 0.3) is 0 Å². The zero-order chi connectivity index (χ0) is 9.56. The van der Waals surface area contributed by atoms with Crippen LogP contribution in [-0.4, -0.2) is 26.8 Å². The summed E-state index contributed by atoms with van der Waals surface area (Å²) in [6.07, 6.45) is 0.637. The Morgan fingerprint density at radius 2 is 2.08 bits per heavy atom. The molecule has 12 heavy (non-hydrogen) atoms. The molecule has 0 aromatic heterocycles. The molecule has 0 heterocycles. The Balaban J connectivity index is 4.04. The number of carbonyl (C=O) groups is 1. The summed E-state index contributed by atoms with van der Waals surface area (Å²) in [6.45, 7) is 6.09.